The second-order valence-corrected chi connectivity index (χ2v) is 8.06. The van der Waals surface area contributed by atoms with Gasteiger partial charge in [-0.1, -0.05) is 48.5 Å². The van der Waals surface area contributed by atoms with Crippen molar-refractivity contribution in [3.05, 3.63) is 90.3 Å². The van der Waals surface area contributed by atoms with Crippen molar-refractivity contribution in [3.63, 3.8) is 0 Å². The van der Waals surface area contributed by atoms with Crippen molar-refractivity contribution in [1.29, 1.82) is 0 Å². The molecular weight excluding hydrogens is 346 g/mol. The van der Waals surface area contributed by atoms with Crippen LogP contribution in [0.5, 0.6) is 0 Å². The Hall–Kier alpha value is -2.97. The maximum atomic E-state index is 4.35. The summed E-state index contributed by atoms with van der Waals surface area (Å²) in [6.45, 7) is 4.39. The third-order valence-electron chi connectivity index (χ3n) is 5.29. The minimum absolute atomic E-state index is 1.17. The lowest BCUT2D eigenvalue weighted by Gasteiger charge is -2.09. The molecule has 0 saturated heterocycles. The van der Waals surface area contributed by atoms with E-state index in [4.69, 9.17) is 0 Å². The zero-order valence-electron chi connectivity index (χ0n) is 15.4. The van der Waals surface area contributed by atoms with Gasteiger partial charge in [0.05, 0.1) is 0 Å². The third-order valence-corrected chi connectivity index (χ3v) is 6.48. The zero-order chi connectivity index (χ0) is 18.4. The average Bonchev–Trinajstić information content (AvgIpc) is 3.07. The topological polar surface area (TPSA) is 12.9 Å². The van der Waals surface area contributed by atoms with Crippen LogP contribution in [0.4, 0.5) is 0 Å². The molecule has 5 aromatic rings. The first kappa shape index (κ1) is 16.2. The van der Waals surface area contributed by atoms with Crippen LogP contribution in [0.3, 0.4) is 0 Å². The van der Waals surface area contributed by atoms with E-state index in [-0.39, 0.29) is 0 Å². The van der Waals surface area contributed by atoms with Crippen LogP contribution >= 0.6 is 11.3 Å². The summed E-state index contributed by atoms with van der Waals surface area (Å²) >= 11 is 1.89. The molecule has 0 bridgehead atoms. The molecule has 0 saturated carbocycles. The second-order valence-electron chi connectivity index (χ2n) is 7.01. The van der Waals surface area contributed by atoms with Crippen molar-refractivity contribution in [2.45, 2.75) is 13.8 Å². The van der Waals surface area contributed by atoms with Crippen LogP contribution in [0.25, 0.3) is 42.4 Å². The van der Waals surface area contributed by atoms with E-state index in [1.54, 1.807) is 0 Å². The molecule has 0 fully saturated rings. The van der Waals surface area contributed by atoms with Crippen LogP contribution in [-0.2, 0) is 0 Å². The molecule has 0 atom stereocenters. The van der Waals surface area contributed by atoms with Gasteiger partial charge >= 0.3 is 0 Å². The number of hydrogen-bond acceptors (Lipinski definition) is 2. The Balaban J connectivity index is 1.94. The number of nitrogens with zero attached hydrogens (tertiary/aromatic N) is 1. The molecule has 130 valence electrons. The molecule has 2 heteroatoms. The molecule has 0 spiro atoms. The highest BCUT2D eigenvalue weighted by Crippen LogP contribution is 2.45. The number of rotatable bonds is 2. The molecule has 0 unspecified atom stereocenters. The average molecular weight is 366 g/mol. The van der Waals surface area contributed by atoms with E-state index < -0.39 is 0 Å². The highest BCUT2D eigenvalue weighted by atomic mass is 32.1. The summed E-state index contributed by atoms with van der Waals surface area (Å²) in [5.74, 6) is 0. The van der Waals surface area contributed by atoms with Crippen molar-refractivity contribution in [1.82, 2.24) is 4.98 Å². The SMILES string of the molecule is Cc1cc2sc3c(-c4ccccc4)ccc(-c4cccnc4)c3c2cc1C. The Bertz CT molecular complexity index is 1270. The van der Waals surface area contributed by atoms with Gasteiger partial charge in [-0.25, -0.2) is 0 Å². The van der Waals surface area contributed by atoms with E-state index >= 15 is 0 Å². The fraction of sp³-hybridized carbons (Fsp3) is 0.0800. The molecule has 2 aromatic heterocycles. The van der Waals surface area contributed by atoms with Crippen molar-refractivity contribution in [2.24, 2.45) is 0 Å². The van der Waals surface area contributed by atoms with Gasteiger partial charge in [0.1, 0.15) is 0 Å². The summed E-state index contributed by atoms with van der Waals surface area (Å²) in [5, 5.41) is 2.68. The summed E-state index contributed by atoms with van der Waals surface area (Å²) < 4.78 is 2.70. The first-order valence-electron chi connectivity index (χ1n) is 9.14. The summed E-state index contributed by atoms with van der Waals surface area (Å²) in [6, 6.07) is 24.0. The molecule has 1 nitrogen and oxygen atoms in total. The maximum Gasteiger partial charge on any atom is 0.0440 e. The van der Waals surface area contributed by atoms with E-state index in [0.717, 1.165) is 0 Å². The van der Waals surface area contributed by atoms with Crippen LogP contribution in [-0.4, -0.2) is 4.98 Å². The third kappa shape index (κ3) is 2.65. The van der Waals surface area contributed by atoms with Gasteiger partial charge in [-0.3, -0.25) is 4.98 Å². The van der Waals surface area contributed by atoms with Gasteiger partial charge in [-0.15, -0.1) is 11.3 Å². The number of thiophene rings is 1. The fourth-order valence-electron chi connectivity index (χ4n) is 3.74. The molecule has 0 N–H and O–H groups in total. The monoisotopic (exact) mass is 365 g/mol. The van der Waals surface area contributed by atoms with E-state index in [2.05, 4.69) is 79.5 Å². The first-order valence-corrected chi connectivity index (χ1v) is 9.96. The predicted molar refractivity (Wildman–Crippen MR) is 117 cm³/mol. The van der Waals surface area contributed by atoms with Crippen molar-refractivity contribution in [3.8, 4) is 22.3 Å². The van der Waals surface area contributed by atoms with Crippen molar-refractivity contribution in [2.75, 3.05) is 0 Å². The van der Waals surface area contributed by atoms with E-state index in [1.807, 2.05) is 29.8 Å². The number of benzene rings is 3. The lowest BCUT2D eigenvalue weighted by atomic mass is 9.95. The van der Waals surface area contributed by atoms with Crippen molar-refractivity contribution >= 4 is 31.5 Å². The van der Waals surface area contributed by atoms with E-state index in [0.29, 0.717) is 0 Å². The van der Waals surface area contributed by atoms with Crippen LogP contribution in [0.15, 0.2) is 79.1 Å². The normalized spacial score (nSPS) is 11.3. The van der Waals surface area contributed by atoms with Gasteiger partial charge in [-0.2, -0.15) is 0 Å². The zero-order valence-corrected chi connectivity index (χ0v) is 16.2. The highest BCUT2D eigenvalue weighted by Gasteiger charge is 2.16. The minimum atomic E-state index is 1.17. The Morgan fingerprint density at radius 2 is 1.48 bits per heavy atom. The summed E-state index contributed by atoms with van der Waals surface area (Å²) in [7, 11) is 0. The Morgan fingerprint density at radius 1 is 0.741 bits per heavy atom. The van der Waals surface area contributed by atoms with E-state index in [1.165, 1.54) is 53.6 Å². The Morgan fingerprint density at radius 3 is 2.26 bits per heavy atom. The number of hydrogen-bond donors (Lipinski definition) is 0. The summed E-state index contributed by atoms with van der Waals surface area (Å²) in [6.07, 6.45) is 3.79. The molecule has 0 radical (unpaired) electrons. The standard InChI is InChI=1S/C25H19NS/c1-16-13-22-23(14-17(16)2)27-25-21(18-7-4-3-5-8-18)11-10-20(24(22)25)19-9-6-12-26-15-19/h3-15H,1-2H3. The number of fused-ring (bicyclic) bond motifs is 3. The van der Waals surface area contributed by atoms with Gasteiger partial charge in [0.15, 0.2) is 0 Å². The van der Waals surface area contributed by atoms with E-state index in [9.17, 15) is 0 Å². The minimum Gasteiger partial charge on any atom is -0.264 e. The smallest absolute Gasteiger partial charge is 0.0440 e. The highest BCUT2D eigenvalue weighted by molar-refractivity contribution is 7.26. The second kappa shape index (κ2) is 6.33. The van der Waals surface area contributed by atoms with Gasteiger partial charge < -0.3 is 0 Å². The number of aryl methyl sites for hydroxylation is 2. The van der Waals surface area contributed by atoms with Crippen molar-refractivity contribution < 1.29 is 0 Å². The molecular formula is C25H19NS. The van der Waals surface area contributed by atoms with Crippen LogP contribution in [0, 0.1) is 13.8 Å². The molecule has 0 aliphatic heterocycles. The lowest BCUT2D eigenvalue weighted by Crippen LogP contribution is -1.85. The quantitative estimate of drug-likeness (QED) is 0.317. The molecule has 0 amide bonds. The van der Waals surface area contributed by atoms with Crippen LogP contribution < -0.4 is 0 Å². The lowest BCUT2D eigenvalue weighted by molar-refractivity contribution is 1.33. The first-order chi connectivity index (χ1) is 13.2. The summed E-state index contributed by atoms with van der Waals surface area (Å²) in [4.78, 5) is 4.35. The predicted octanol–water partition coefficient (Wildman–Crippen LogP) is 7.40. The molecule has 2 heterocycles. The largest absolute Gasteiger partial charge is 0.264 e. The molecule has 0 aliphatic rings. The van der Waals surface area contributed by atoms with Gasteiger partial charge in [0.2, 0.25) is 0 Å². The van der Waals surface area contributed by atoms with Crippen LogP contribution in [0.1, 0.15) is 11.1 Å². The van der Waals surface area contributed by atoms with Gasteiger partial charge in [-0.05, 0) is 59.9 Å². The number of pyridine rings is 1. The van der Waals surface area contributed by atoms with Gasteiger partial charge in [0.25, 0.3) is 0 Å². The number of aromatic nitrogens is 1. The molecule has 3 aromatic carbocycles. The maximum absolute atomic E-state index is 4.35. The summed E-state index contributed by atoms with van der Waals surface area (Å²) in [5.41, 5.74) is 7.67. The van der Waals surface area contributed by atoms with Crippen LogP contribution in [0.2, 0.25) is 0 Å². The Labute approximate surface area is 162 Å². The fourth-order valence-corrected chi connectivity index (χ4v) is 5.09. The van der Waals surface area contributed by atoms with Gasteiger partial charge in [0, 0.05) is 38.1 Å². The molecule has 5 rings (SSSR count). The molecule has 27 heavy (non-hydrogen) atoms. The molecule has 0 aliphatic carbocycles. The Kier molecular flexibility index (Phi) is 3.80.